The van der Waals surface area contributed by atoms with Crippen molar-refractivity contribution in [3.8, 4) is 0 Å². The summed E-state index contributed by atoms with van der Waals surface area (Å²) in [6.45, 7) is 11.0. The number of hydrogen-bond acceptors (Lipinski definition) is 2. The molecule has 2 nitrogen and oxygen atoms in total. The summed E-state index contributed by atoms with van der Waals surface area (Å²) in [5.74, 6) is 0. The van der Waals surface area contributed by atoms with Gasteiger partial charge in [0.2, 0.25) is 0 Å². The predicted octanol–water partition coefficient (Wildman–Crippen LogP) is 3.16. The smallest absolute Gasteiger partial charge is 0.0719 e. The Morgan fingerprint density at radius 2 is 1.94 bits per heavy atom. The number of rotatable bonds is 5. The predicted molar refractivity (Wildman–Crippen MR) is 73.2 cm³/mol. The Kier molecular flexibility index (Phi) is 5.16. The van der Waals surface area contributed by atoms with Crippen LogP contribution in [0.1, 0.15) is 43.9 Å². The van der Waals surface area contributed by atoms with Gasteiger partial charge in [0.25, 0.3) is 0 Å². The lowest BCUT2D eigenvalue weighted by Crippen LogP contribution is -2.12. The highest BCUT2D eigenvalue weighted by Gasteiger charge is 2.14. The van der Waals surface area contributed by atoms with Crippen molar-refractivity contribution in [2.45, 2.75) is 46.1 Å². The molecule has 0 aliphatic rings. The molecule has 2 N–H and O–H groups in total. The minimum absolute atomic E-state index is 0.212. The summed E-state index contributed by atoms with van der Waals surface area (Å²) in [6.07, 6.45) is 0.930. The van der Waals surface area contributed by atoms with E-state index >= 15 is 0 Å². The molecule has 0 unspecified atom stereocenters. The number of nitrogens with two attached hydrogens (primary N) is 1. The fourth-order valence-corrected chi connectivity index (χ4v) is 1.69. The molecule has 0 aliphatic heterocycles. The summed E-state index contributed by atoms with van der Waals surface area (Å²) in [6, 6.07) is 6.65. The second-order valence-electron chi connectivity index (χ2n) is 5.59. The van der Waals surface area contributed by atoms with Crippen molar-refractivity contribution in [1.29, 1.82) is 0 Å². The number of ether oxygens (including phenoxy) is 1. The average molecular weight is 235 g/mol. The molecule has 17 heavy (non-hydrogen) atoms. The van der Waals surface area contributed by atoms with Gasteiger partial charge in [0, 0.05) is 6.61 Å². The standard InChI is InChI=1S/C15H25NO/c1-12-10-14(15(2,3)4)7-6-13(12)11-17-9-5-8-16/h6-7,10H,5,8-9,11,16H2,1-4H3. The molecular weight excluding hydrogens is 210 g/mol. The van der Waals surface area contributed by atoms with Gasteiger partial charge in [-0.3, -0.25) is 0 Å². The van der Waals surface area contributed by atoms with E-state index in [0.717, 1.165) is 13.0 Å². The van der Waals surface area contributed by atoms with Crippen LogP contribution in [-0.4, -0.2) is 13.2 Å². The van der Waals surface area contributed by atoms with Crippen molar-refractivity contribution < 1.29 is 4.74 Å². The van der Waals surface area contributed by atoms with Gasteiger partial charge in [-0.25, -0.2) is 0 Å². The molecule has 2 heteroatoms. The van der Waals surface area contributed by atoms with Crippen molar-refractivity contribution in [1.82, 2.24) is 0 Å². The van der Waals surface area contributed by atoms with Crippen molar-refractivity contribution in [3.05, 3.63) is 34.9 Å². The summed E-state index contributed by atoms with van der Waals surface area (Å²) >= 11 is 0. The average Bonchev–Trinajstić information content (AvgIpc) is 2.24. The summed E-state index contributed by atoms with van der Waals surface area (Å²) in [7, 11) is 0. The van der Waals surface area contributed by atoms with E-state index in [1.54, 1.807) is 0 Å². The van der Waals surface area contributed by atoms with Gasteiger partial charge < -0.3 is 10.5 Å². The number of aryl methyl sites for hydroxylation is 1. The van der Waals surface area contributed by atoms with Crippen LogP contribution in [0, 0.1) is 6.92 Å². The van der Waals surface area contributed by atoms with Crippen LogP contribution in [0.25, 0.3) is 0 Å². The molecule has 0 atom stereocenters. The number of benzene rings is 1. The van der Waals surface area contributed by atoms with E-state index in [-0.39, 0.29) is 5.41 Å². The molecule has 96 valence electrons. The Labute approximate surface area is 105 Å². The maximum Gasteiger partial charge on any atom is 0.0719 e. The molecule has 1 rings (SSSR count). The topological polar surface area (TPSA) is 35.2 Å². The second-order valence-corrected chi connectivity index (χ2v) is 5.59. The molecule has 0 saturated heterocycles. The van der Waals surface area contributed by atoms with Gasteiger partial charge in [-0.15, -0.1) is 0 Å². The molecule has 0 spiro atoms. The summed E-state index contributed by atoms with van der Waals surface area (Å²) in [5.41, 5.74) is 9.60. The van der Waals surface area contributed by atoms with Crippen LogP contribution in [0.5, 0.6) is 0 Å². The van der Waals surface area contributed by atoms with Crippen molar-refractivity contribution in [2.24, 2.45) is 5.73 Å². The van der Waals surface area contributed by atoms with E-state index in [0.29, 0.717) is 13.2 Å². The highest BCUT2D eigenvalue weighted by molar-refractivity contribution is 5.34. The maximum absolute atomic E-state index is 5.59. The van der Waals surface area contributed by atoms with Gasteiger partial charge in [-0.05, 0) is 42.0 Å². The Bertz CT molecular complexity index is 352. The van der Waals surface area contributed by atoms with Crippen LogP contribution in [-0.2, 0) is 16.8 Å². The van der Waals surface area contributed by atoms with Gasteiger partial charge in [0.1, 0.15) is 0 Å². The molecule has 0 aliphatic carbocycles. The van der Waals surface area contributed by atoms with E-state index in [1.807, 2.05) is 0 Å². The first kappa shape index (κ1) is 14.2. The third-order valence-corrected chi connectivity index (χ3v) is 2.96. The minimum atomic E-state index is 0.212. The van der Waals surface area contributed by atoms with Crippen LogP contribution in [0.15, 0.2) is 18.2 Å². The van der Waals surface area contributed by atoms with E-state index in [1.165, 1.54) is 16.7 Å². The first-order chi connectivity index (χ1) is 7.95. The molecule has 1 aromatic carbocycles. The van der Waals surface area contributed by atoms with Gasteiger partial charge >= 0.3 is 0 Å². The van der Waals surface area contributed by atoms with Crippen LogP contribution in [0.3, 0.4) is 0 Å². The fraction of sp³-hybridized carbons (Fsp3) is 0.600. The summed E-state index contributed by atoms with van der Waals surface area (Å²) < 4.78 is 5.59. The first-order valence-electron chi connectivity index (χ1n) is 6.33. The zero-order chi connectivity index (χ0) is 12.9. The van der Waals surface area contributed by atoms with Crippen LogP contribution in [0.4, 0.5) is 0 Å². The normalized spacial score (nSPS) is 11.8. The Balaban J connectivity index is 2.64. The molecule has 0 radical (unpaired) electrons. The lowest BCUT2D eigenvalue weighted by atomic mass is 9.85. The van der Waals surface area contributed by atoms with Gasteiger partial charge in [-0.2, -0.15) is 0 Å². The molecule has 1 aromatic rings. The highest BCUT2D eigenvalue weighted by Crippen LogP contribution is 2.24. The third kappa shape index (κ3) is 4.49. The second kappa shape index (κ2) is 6.18. The molecular formula is C15H25NO. The summed E-state index contributed by atoms with van der Waals surface area (Å²) in [4.78, 5) is 0. The highest BCUT2D eigenvalue weighted by atomic mass is 16.5. The Hall–Kier alpha value is -0.860. The van der Waals surface area contributed by atoms with Crippen molar-refractivity contribution in [3.63, 3.8) is 0 Å². The van der Waals surface area contributed by atoms with E-state index in [2.05, 4.69) is 45.9 Å². The van der Waals surface area contributed by atoms with Crippen LogP contribution in [0.2, 0.25) is 0 Å². The number of hydrogen-bond donors (Lipinski definition) is 1. The Morgan fingerprint density at radius 1 is 1.24 bits per heavy atom. The summed E-state index contributed by atoms with van der Waals surface area (Å²) in [5, 5.41) is 0. The largest absolute Gasteiger partial charge is 0.377 e. The van der Waals surface area contributed by atoms with Crippen LogP contribution < -0.4 is 5.73 Å². The molecule has 0 aromatic heterocycles. The molecule has 0 fully saturated rings. The lowest BCUT2D eigenvalue weighted by molar-refractivity contribution is 0.119. The van der Waals surface area contributed by atoms with Crippen molar-refractivity contribution in [2.75, 3.05) is 13.2 Å². The minimum Gasteiger partial charge on any atom is -0.377 e. The SMILES string of the molecule is Cc1cc(C(C)(C)C)ccc1COCCCN. The zero-order valence-electron chi connectivity index (χ0n) is 11.5. The van der Waals surface area contributed by atoms with Crippen molar-refractivity contribution >= 4 is 0 Å². The molecule has 0 amide bonds. The van der Waals surface area contributed by atoms with Crippen LogP contribution >= 0.6 is 0 Å². The zero-order valence-corrected chi connectivity index (χ0v) is 11.5. The first-order valence-corrected chi connectivity index (χ1v) is 6.33. The molecule has 0 heterocycles. The Morgan fingerprint density at radius 3 is 2.47 bits per heavy atom. The lowest BCUT2D eigenvalue weighted by Gasteiger charge is -2.20. The fourth-order valence-electron chi connectivity index (χ4n) is 1.69. The van der Waals surface area contributed by atoms with Gasteiger partial charge in [-0.1, -0.05) is 39.0 Å². The van der Waals surface area contributed by atoms with Gasteiger partial charge in [0.15, 0.2) is 0 Å². The third-order valence-electron chi connectivity index (χ3n) is 2.96. The molecule has 0 bridgehead atoms. The van der Waals surface area contributed by atoms with E-state index < -0.39 is 0 Å². The maximum atomic E-state index is 5.59. The quantitative estimate of drug-likeness (QED) is 0.796. The van der Waals surface area contributed by atoms with E-state index in [4.69, 9.17) is 10.5 Å². The van der Waals surface area contributed by atoms with Gasteiger partial charge in [0.05, 0.1) is 6.61 Å². The van der Waals surface area contributed by atoms with E-state index in [9.17, 15) is 0 Å². The monoisotopic (exact) mass is 235 g/mol. The molecule has 0 saturated carbocycles.